The molecule has 3 unspecified atom stereocenters. The highest BCUT2D eigenvalue weighted by molar-refractivity contribution is 6.28. The Labute approximate surface area is 116 Å². The second-order valence-corrected chi connectivity index (χ2v) is 5.97. The topological polar surface area (TPSA) is 58.1 Å². The van der Waals surface area contributed by atoms with Crippen LogP contribution >= 0.6 is 11.6 Å². The van der Waals surface area contributed by atoms with E-state index in [2.05, 4.69) is 20.2 Å². The Morgan fingerprint density at radius 2 is 2.21 bits per heavy atom. The molecule has 1 aromatic heterocycles. The van der Waals surface area contributed by atoms with Crippen LogP contribution < -0.4 is 10.2 Å². The van der Waals surface area contributed by atoms with Crippen LogP contribution in [0.1, 0.15) is 32.1 Å². The number of amides is 1. The second-order valence-electron chi connectivity index (χ2n) is 5.64. The zero-order valence-corrected chi connectivity index (χ0v) is 11.2. The van der Waals surface area contributed by atoms with Gasteiger partial charge >= 0.3 is 0 Å². The fourth-order valence-electron chi connectivity index (χ4n) is 3.85. The summed E-state index contributed by atoms with van der Waals surface area (Å²) in [7, 11) is 0. The molecule has 3 aliphatic rings. The lowest BCUT2D eigenvalue weighted by Gasteiger charge is -2.37. The van der Waals surface area contributed by atoms with E-state index in [-0.39, 0.29) is 17.2 Å². The Morgan fingerprint density at radius 1 is 1.37 bits per heavy atom. The van der Waals surface area contributed by atoms with Crippen LogP contribution in [0.3, 0.4) is 0 Å². The van der Waals surface area contributed by atoms with E-state index < -0.39 is 0 Å². The van der Waals surface area contributed by atoms with Gasteiger partial charge in [0.25, 0.3) is 0 Å². The van der Waals surface area contributed by atoms with Crippen molar-refractivity contribution in [1.82, 2.24) is 9.97 Å². The minimum absolute atomic E-state index is 0.0767. The van der Waals surface area contributed by atoms with E-state index in [1.165, 1.54) is 19.3 Å². The van der Waals surface area contributed by atoms with Crippen molar-refractivity contribution in [2.75, 3.05) is 10.2 Å². The van der Waals surface area contributed by atoms with E-state index in [1.54, 1.807) is 6.20 Å². The zero-order chi connectivity index (χ0) is 13.0. The number of nitrogens with one attached hydrogen (secondary N) is 1. The fourth-order valence-corrected chi connectivity index (χ4v) is 3.98. The highest BCUT2D eigenvalue weighted by atomic mass is 35.5. The molecule has 6 heteroatoms. The van der Waals surface area contributed by atoms with Crippen molar-refractivity contribution in [1.29, 1.82) is 0 Å². The van der Waals surface area contributed by atoms with Crippen LogP contribution in [0.25, 0.3) is 0 Å². The highest BCUT2D eigenvalue weighted by Gasteiger charge is 2.48. The largest absolute Gasteiger partial charge is 0.339 e. The minimum atomic E-state index is -0.0773. The first kappa shape index (κ1) is 11.5. The Hall–Kier alpha value is -1.36. The number of nitrogens with zero attached hydrogens (tertiary/aromatic N) is 3. The van der Waals surface area contributed by atoms with E-state index in [0.717, 1.165) is 18.7 Å². The first-order valence-electron chi connectivity index (χ1n) is 6.86. The minimum Gasteiger partial charge on any atom is -0.339 e. The Bertz CT molecular complexity index is 549. The fraction of sp³-hybridized carbons (Fsp3) is 0.615. The van der Waals surface area contributed by atoms with Crippen molar-refractivity contribution < 1.29 is 4.79 Å². The summed E-state index contributed by atoms with van der Waals surface area (Å²) >= 11 is 5.92. The molecule has 1 saturated carbocycles. The summed E-state index contributed by atoms with van der Waals surface area (Å²) in [6, 6.07) is 0.362. The maximum atomic E-state index is 12.2. The van der Waals surface area contributed by atoms with E-state index in [0.29, 0.717) is 17.6 Å². The summed E-state index contributed by atoms with van der Waals surface area (Å²) in [5.74, 6) is 1.50. The molecule has 0 radical (unpaired) electrons. The first-order valence-corrected chi connectivity index (χ1v) is 7.23. The average Bonchev–Trinajstić information content (AvgIpc) is 2.80. The SMILES string of the molecule is O=C1Nc2cnc(Cl)nc2N2C1CC1CCCCC12. The molecule has 2 fully saturated rings. The number of anilines is 2. The van der Waals surface area contributed by atoms with Gasteiger partial charge in [0.2, 0.25) is 11.2 Å². The van der Waals surface area contributed by atoms with Crippen molar-refractivity contribution in [2.45, 2.75) is 44.2 Å². The van der Waals surface area contributed by atoms with Gasteiger partial charge in [0.1, 0.15) is 11.7 Å². The predicted octanol–water partition coefficient (Wildman–Crippen LogP) is 2.22. The van der Waals surface area contributed by atoms with Gasteiger partial charge in [-0.25, -0.2) is 4.98 Å². The number of fused-ring (bicyclic) bond motifs is 5. The van der Waals surface area contributed by atoms with Gasteiger partial charge < -0.3 is 10.2 Å². The molecule has 3 atom stereocenters. The number of halogens is 1. The summed E-state index contributed by atoms with van der Waals surface area (Å²) in [4.78, 5) is 22.7. The molecular weight excluding hydrogens is 264 g/mol. The van der Waals surface area contributed by atoms with Gasteiger partial charge in [-0.15, -0.1) is 0 Å². The number of carbonyl (C=O) groups excluding carboxylic acids is 1. The van der Waals surface area contributed by atoms with Crippen molar-refractivity contribution in [3.63, 3.8) is 0 Å². The second kappa shape index (κ2) is 4.07. The van der Waals surface area contributed by atoms with Gasteiger partial charge in [-0.3, -0.25) is 4.79 Å². The summed E-state index contributed by atoms with van der Waals surface area (Å²) in [5.41, 5.74) is 0.692. The van der Waals surface area contributed by atoms with Crippen LogP contribution in [0.2, 0.25) is 5.28 Å². The van der Waals surface area contributed by atoms with Gasteiger partial charge in [-0.05, 0) is 36.8 Å². The van der Waals surface area contributed by atoms with Gasteiger partial charge in [0, 0.05) is 6.04 Å². The predicted molar refractivity (Wildman–Crippen MR) is 72.3 cm³/mol. The maximum Gasteiger partial charge on any atom is 0.247 e. The van der Waals surface area contributed by atoms with Gasteiger partial charge in [-0.2, -0.15) is 4.98 Å². The lowest BCUT2D eigenvalue weighted by molar-refractivity contribution is -0.117. The summed E-state index contributed by atoms with van der Waals surface area (Å²) < 4.78 is 0. The van der Waals surface area contributed by atoms with Gasteiger partial charge in [0.05, 0.1) is 6.20 Å². The van der Waals surface area contributed by atoms with Gasteiger partial charge in [0.15, 0.2) is 5.82 Å². The summed E-state index contributed by atoms with van der Waals surface area (Å²) in [5, 5.41) is 3.15. The molecule has 1 aliphatic carbocycles. The van der Waals surface area contributed by atoms with E-state index in [9.17, 15) is 4.79 Å². The Balaban J connectivity index is 1.81. The number of rotatable bonds is 0. The molecule has 1 aromatic rings. The van der Waals surface area contributed by atoms with Crippen molar-refractivity contribution in [2.24, 2.45) is 5.92 Å². The van der Waals surface area contributed by atoms with Crippen molar-refractivity contribution in [3.8, 4) is 0 Å². The number of hydrogen-bond donors (Lipinski definition) is 1. The lowest BCUT2D eigenvalue weighted by atomic mass is 9.85. The molecule has 5 nitrogen and oxygen atoms in total. The Kier molecular flexibility index (Phi) is 2.45. The molecule has 0 aromatic carbocycles. The van der Waals surface area contributed by atoms with E-state index >= 15 is 0 Å². The molecular formula is C13H15ClN4O. The van der Waals surface area contributed by atoms with Crippen LogP contribution in [0.5, 0.6) is 0 Å². The number of carbonyl (C=O) groups is 1. The lowest BCUT2D eigenvalue weighted by Crippen LogP contribution is -2.48. The van der Waals surface area contributed by atoms with Crippen molar-refractivity contribution >= 4 is 29.0 Å². The highest BCUT2D eigenvalue weighted by Crippen LogP contribution is 2.45. The molecule has 1 saturated heterocycles. The van der Waals surface area contributed by atoms with Crippen LogP contribution in [-0.4, -0.2) is 28.0 Å². The Morgan fingerprint density at radius 3 is 3.11 bits per heavy atom. The monoisotopic (exact) mass is 278 g/mol. The van der Waals surface area contributed by atoms with Crippen LogP contribution in [0.15, 0.2) is 6.20 Å². The van der Waals surface area contributed by atoms with Gasteiger partial charge in [-0.1, -0.05) is 12.8 Å². The molecule has 3 heterocycles. The first-order chi connectivity index (χ1) is 9.24. The smallest absolute Gasteiger partial charge is 0.247 e. The molecule has 0 bridgehead atoms. The molecule has 4 rings (SSSR count). The normalized spacial score (nSPS) is 32.4. The molecule has 1 N–H and O–H groups in total. The molecule has 2 aliphatic heterocycles. The third kappa shape index (κ3) is 1.64. The van der Waals surface area contributed by atoms with Crippen LogP contribution in [0.4, 0.5) is 11.5 Å². The zero-order valence-electron chi connectivity index (χ0n) is 10.5. The standard InChI is InChI=1S/C13H15ClN4O/c14-13-15-6-8-11(17-13)18-9-4-2-1-3-7(9)5-10(18)12(19)16-8/h6-7,9-10H,1-5H2,(H,16,19). The maximum absolute atomic E-state index is 12.2. The third-order valence-corrected chi connectivity index (χ3v) is 4.81. The van der Waals surface area contributed by atoms with Crippen molar-refractivity contribution in [3.05, 3.63) is 11.5 Å². The van der Waals surface area contributed by atoms with E-state index in [1.807, 2.05) is 0 Å². The number of hydrogen-bond acceptors (Lipinski definition) is 4. The quantitative estimate of drug-likeness (QED) is 0.739. The molecule has 100 valence electrons. The molecule has 0 spiro atoms. The van der Waals surface area contributed by atoms with E-state index in [4.69, 9.17) is 11.6 Å². The van der Waals surface area contributed by atoms with Crippen LogP contribution in [0, 0.1) is 5.92 Å². The molecule has 19 heavy (non-hydrogen) atoms. The summed E-state index contributed by atoms with van der Waals surface area (Å²) in [6.07, 6.45) is 7.43. The average molecular weight is 279 g/mol. The third-order valence-electron chi connectivity index (χ3n) is 4.63. The number of aromatic nitrogens is 2. The molecule has 1 amide bonds. The summed E-state index contributed by atoms with van der Waals surface area (Å²) in [6.45, 7) is 0. The van der Waals surface area contributed by atoms with Crippen LogP contribution in [-0.2, 0) is 4.79 Å².